The second kappa shape index (κ2) is 4.81. The van der Waals surface area contributed by atoms with Crippen LogP contribution >= 0.6 is 0 Å². The predicted molar refractivity (Wildman–Crippen MR) is 53.4 cm³/mol. The zero-order chi connectivity index (χ0) is 10.6. The molecule has 0 spiro atoms. The van der Waals surface area contributed by atoms with Gasteiger partial charge in [0.15, 0.2) is 0 Å². The summed E-state index contributed by atoms with van der Waals surface area (Å²) in [5.74, 6) is 0.734. The van der Waals surface area contributed by atoms with Crippen LogP contribution in [-0.4, -0.2) is 11.9 Å². The third-order valence-electron chi connectivity index (χ3n) is 2.04. The zero-order valence-electron chi connectivity index (χ0n) is 8.49. The molecule has 0 saturated carbocycles. The van der Waals surface area contributed by atoms with E-state index < -0.39 is 6.04 Å². The average Bonchev–Trinajstić information content (AvgIpc) is 2.65. The fourth-order valence-electron chi connectivity index (χ4n) is 1.01. The van der Waals surface area contributed by atoms with Crippen molar-refractivity contribution in [2.75, 3.05) is 0 Å². The van der Waals surface area contributed by atoms with E-state index >= 15 is 0 Å². The van der Waals surface area contributed by atoms with E-state index in [0.29, 0.717) is 6.54 Å². The van der Waals surface area contributed by atoms with E-state index in [1.165, 1.54) is 0 Å². The molecule has 0 saturated heterocycles. The fourth-order valence-corrected chi connectivity index (χ4v) is 1.01. The number of hydrogen-bond acceptors (Lipinski definition) is 3. The van der Waals surface area contributed by atoms with E-state index in [9.17, 15) is 4.79 Å². The summed E-state index contributed by atoms with van der Waals surface area (Å²) in [5, 5.41) is 2.71. The molecule has 1 heterocycles. The van der Waals surface area contributed by atoms with Crippen molar-refractivity contribution in [3.05, 3.63) is 24.2 Å². The number of hydrogen-bond donors (Lipinski definition) is 2. The van der Waals surface area contributed by atoms with E-state index in [4.69, 9.17) is 10.2 Å². The number of rotatable bonds is 4. The number of carbonyl (C=O) groups is 1. The van der Waals surface area contributed by atoms with Gasteiger partial charge >= 0.3 is 0 Å². The van der Waals surface area contributed by atoms with Crippen molar-refractivity contribution >= 4 is 5.91 Å². The van der Waals surface area contributed by atoms with Crippen LogP contribution in [0, 0.1) is 5.92 Å². The molecule has 78 valence electrons. The largest absolute Gasteiger partial charge is 0.467 e. The SMILES string of the molecule is CC(C)[C@@H](N)C(=O)NCc1ccco1. The van der Waals surface area contributed by atoms with E-state index in [-0.39, 0.29) is 11.8 Å². The molecule has 0 bridgehead atoms. The highest BCUT2D eigenvalue weighted by atomic mass is 16.3. The average molecular weight is 196 g/mol. The normalized spacial score (nSPS) is 12.9. The van der Waals surface area contributed by atoms with Crippen molar-refractivity contribution in [1.82, 2.24) is 5.32 Å². The van der Waals surface area contributed by atoms with Crippen LogP contribution in [0.15, 0.2) is 22.8 Å². The smallest absolute Gasteiger partial charge is 0.237 e. The summed E-state index contributed by atoms with van der Waals surface area (Å²) in [6.45, 7) is 4.22. The molecule has 0 aliphatic carbocycles. The maximum atomic E-state index is 11.4. The highest BCUT2D eigenvalue weighted by Crippen LogP contribution is 2.01. The first-order valence-corrected chi connectivity index (χ1v) is 4.67. The Hall–Kier alpha value is -1.29. The summed E-state index contributed by atoms with van der Waals surface area (Å²) in [6, 6.07) is 3.13. The van der Waals surface area contributed by atoms with Crippen LogP contribution in [0.25, 0.3) is 0 Å². The van der Waals surface area contributed by atoms with E-state index in [2.05, 4.69) is 5.32 Å². The van der Waals surface area contributed by atoms with Crippen LogP contribution in [0.3, 0.4) is 0 Å². The molecule has 0 unspecified atom stereocenters. The molecule has 3 N–H and O–H groups in total. The standard InChI is InChI=1S/C10H16N2O2/c1-7(2)9(11)10(13)12-6-8-4-3-5-14-8/h3-5,7,9H,6,11H2,1-2H3,(H,12,13)/t9-/m1/s1. The first kappa shape index (κ1) is 10.8. The molecular weight excluding hydrogens is 180 g/mol. The van der Waals surface area contributed by atoms with Gasteiger partial charge in [0.1, 0.15) is 5.76 Å². The molecule has 4 heteroatoms. The molecule has 1 rings (SSSR count). The van der Waals surface area contributed by atoms with Gasteiger partial charge in [-0.05, 0) is 18.1 Å². The minimum absolute atomic E-state index is 0.142. The van der Waals surface area contributed by atoms with Crippen molar-refractivity contribution in [1.29, 1.82) is 0 Å². The van der Waals surface area contributed by atoms with Gasteiger partial charge in [-0.2, -0.15) is 0 Å². The molecule has 14 heavy (non-hydrogen) atoms. The Morgan fingerprint density at radius 3 is 2.86 bits per heavy atom. The summed E-state index contributed by atoms with van der Waals surface area (Å²) < 4.78 is 5.07. The second-order valence-electron chi connectivity index (χ2n) is 3.57. The van der Waals surface area contributed by atoms with E-state index in [1.54, 1.807) is 18.4 Å². The topological polar surface area (TPSA) is 68.3 Å². The van der Waals surface area contributed by atoms with Crippen molar-refractivity contribution in [2.24, 2.45) is 11.7 Å². The quantitative estimate of drug-likeness (QED) is 0.751. The van der Waals surface area contributed by atoms with Gasteiger partial charge in [0.25, 0.3) is 0 Å². The molecule has 0 radical (unpaired) electrons. The molecule has 0 aromatic carbocycles. The third-order valence-corrected chi connectivity index (χ3v) is 2.04. The van der Waals surface area contributed by atoms with Crippen LogP contribution in [0.2, 0.25) is 0 Å². The number of amides is 1. The first-order valence-electron chi connectivity index (χ1n) is 4.67. The Morgan fingerprint density at radius 2 is 2.36 bits per heavy atom. The number of nitrogens with two attached hydrogens (primary N) is 1. The van der Waals surface area contributed by atoms with Crippen LogP contribution in [-0.2, 0) is 11.3 Å². The van der Waals surface area contributed by atoms with Crippen molar-refractivity contribution in [3.63, 3.8) is 0 Å². The van der Waals surface area contributed by atoms with Gasteiger partial charge in [-0.15, -0.1) is 0 Å². The minimum atomic E-state index is -0.454. The van der Waals surface area contributed by atoms with Crippen LogP contribution in [0.1, 0.15) is 19.6 Å². The summed E-state index contributed by atoms with van der Waals surface area (Å²) in [6.07, 6.45) is 1.57. The summed E-state index contributed by atoms with van der Waals surface area (Å²) >= 11 is 0. The number of carbonyl (C=O) groups excluding carboxylic acids is 1. The minimum Gasteiger partial charge on any atom is -0.467 e. The van der Waals surface area contributed by atoms with Crippen molar-refractivity contribution in [3.8, 4) is 0 Å². The highest BCUT2D eigenvalue weighted by molar-refractivity contribution is 5.81. The molecule has 0 aliphatic heterocycles. The molecule has 1 aromatic rings. The van der Waals surface area contributed by atoms with Crippen molar-refractivity contribution in [2.45, 2.75) is 26.4 Å². The Kier molecular flexibility index (Phi) is 3.71. The van der Waals surface area contributed by atoms with Gasteiger partial charge in [0, 0.05) is 0 Å². The third kappa shape index (κ3) is 2.88. The zero-order valence-corrected chi connectivity index (χ0v) is 8.49. The van der Waals surface area contributed by atoms with E-state index in [1.807, 2.05) is 13.8 Å². The van der Waals surface area contributed by atoms with E-state index in [0.717, 1.165) is 5.76 Å². The van der Waals surface area contributed by atoms with Gasteiger partial charge in [0.2, 0.25) is 5.91 Å². The summed E-state index contributed by atoms with van der Waals surface area (Å²) in [5.41, 5.74) is 5.66. The Balaban J connectivity index is 2.35. The van der Waals surface area contributed by atoms with Gasteiger partial charge < -0.3 is 15.5 Å². The summed E-state index contributed by atoms with van der Waals surface area (Å²) in [4.78, 5) is 11.4. The lowest BCUT2D eigenvalue weighted by Gasteiger charge is -2.14. The van der Waals surface area contributed by atoms with Gasteiger partial charge in [-0.1, -0.05) is 13.8 Å². The fraction of sp³-hybridized carbons (Fsp3) is 0.500. The molecule has 0 fully saturated rings. The lowest BCUT2D eigenvalue weighted by atomic mass is 10.1. The summed E-state index contributed by atoms with van der Waals surface area (Å²) in [7, 11) is 0. The Morgan fingerprint density at radius 1 is 1.64 bits per heavy atom. The van der Waals surface area contributed by atoms with Crippen LogP contribution < -0.4 is 11.1 Å². The molecule has 1 aromatic heterocycles. The highest BCUT2D eigenvalue weighted by Gasteiger charge is 2.16. The van der Waals surface area contributed by atoms with Crippen LogP contribution in [0.5, 0.6) is 0 Å². The van der Waals surface area contributed by atoms with Gasteiger partial charge in [-0.3, -0.25) is 4.79 Å². The molecular formula is C10H16N2O2. The molecule has 4 nitrogen and oxygen atoms in total. The Labute approximate surface area is 83.5 Å². The predicted octanol–water partition coefficient (Wildman–Crippen LogP) is 0.879. The monoisotopic (exact) mass is 196 g/mol. The van der Waals surface area contributed by atoms with Crippen LogP contribution in [0.4, 0.5) is 0 Å². The first-order chi connectivity index (χ1) is 6.61. The molecule has 1 amide bonds. The lowest BCUT2D eigenvalue weighted by Crippen LogP contribution is -2.43. The number of furan rings is 1. The second-order valence-corrected chi connectivity index (χ2v) is 3.57. The molecule has 0 aliphatic rings. The van der Waals surface area contributed by atoms with Gasteiger partial charge in [-0.25, -0.2) is 0 Å². The Bertz CT molecular complexity index is 280. The van der Waals surface area contributed by atoms with Gasteiger partial charge in [0.05, 0.1) is 18.8 Å². The number of nitrogens with one attached hydrogen (secondary N) is 1. The van der Waals surface area contributed by atoms with Crippen molar-refractivity contribution < 1.29 is 9.21 Å². The maximum absolute atomic E-state index is 11.4. The maximum Gasteiger partial charge on any atom is 0.237 e. The lowest BCUT2D eigenvalue weighted by molar-refractivity contribution is -0.123. The molecule has 1 atom stereocenters.